The zero-order chi connectivity index (χ0) is 13.7. The van der Waals surface area contributed by atoms with E-state index >= 15 is 0 Å². The molecule has 23 heavy (non-hydrogen) atoms. The molecule has 0 bridgehead atoms. The number of halogens is 3. The second-order valence-electron chi connectivity index (χ2n) is 3.66. The molecule has 0 saturated carbocycles. The van der Waals surface area contributed by atoms with Crippen molar-refractivity contribution >= 4 is 35.3 Å². The van der Waals surface area contributed by atoms with Crippen LogP contribution in [0.1, 0.15) is 15.9 Å². The molecule has 10 heteroatoms. The van der Waals surface area contributed by atoms with Gasteiger partial charge in [-0.25, -0.2) is 10.4 Å². The first-order valence-electron chi connectivity index (χ1n) is 5.41. The average molecular weight is 385 g/mol. The number of aromatic amines is 1. The lowest BCUT2D eigenvalue weighted by molar-refractivity contribution is -0.378. The summed E-state index contributed by atoms with van der Waals surface area (Å²) in [6.07, 6.45) is 4.76. The molecular weight excluding hydrogens is 369 g/mol. The van der Waals surface area contributed by atoms with E-state index in [1.807, 2.05) is 0 Å². The lowest BCUT2D eigenvalue weighted by Crippen LogP contribution is -3.00. The molecule has 0 aliphatic rings. The summed E-state index contributed by atoms with van der Waals surface area (Å²) < 4.78 is 0. The lowest BCUT2D eigenvalue weighted by atomic mass is 10.2. The molecule has 1 amide bonds. The number of pyridine rings is 1. The molecular formula is C13H16Cl3N3O4. The first kappa shape index (κ1) is 26.2. The van der Waals surface area contributed by atoms with Gasteiger partial charge >= 0.3 is 0 Å². The van der Waals surface area contributed by atoms with Crippen molar-refractivity contribution in [3.8, 4) is 0 Å². The van der Waals surface area contributed by atoms with Gasteiger partial charge in [0.2, 0.25) is 0 Å². The molecule has 1 aromatic heterocycles. The van der Waals surface area contributed by atoms with Crippen LogP contribution in [0.4, 0.5) is 0 Å². The van der Waals surface area contributed by atoms with E-state index in [0.29, 0.717) is 21.2 Å². The van der Waals surface area contributed by atoms with Gasteiger partial charge in [0.05, 0.1) is 11.2 Å². The van der Waals surface area contributed by atoms with Crippen LogP contribution < -0.4 is 22.8 Å². The highest BCUT2D eigenvalue weighted by Crippen LogP contribution is 2.19. The maximum Gasteiger partial charge on any atom is 0.277 e. The van der Waals surface area contributed by atoms with E-state index in [1.54, 1.807) is 42.7 Å². The van der Waals surface area contributed by atoms with Crippen LogP contribution in [0.2, 0.25) is 10.0 Å². The number of hydrazone groups is 1. The fourth-order valence-electron chi connectivity index (χ4n) is 1.37. The Kier molecular flexibility index (Phi) is 14.5. The molecule has 2 aromatic rings. The van der Waals surface area contributed by atoms with Crippen LogP contribution in [0.5, 0.6) is 0 Å². The number of carbonyl (C=O) groups excluding carboxylic acids is 1. The molecule has 128 valence electrons. The van der Waals surface area contributed by atoms with Gasteiger partial charge in [0, 0.05) is 16.7 Å². The van der Waals surface area contributed by atoms with E-state index in [1.165, 1.54) is 6.21 Å². The second kappa shape index (κ2) is 12.8. The molecule has 0 radical (unpaired) electrons. The van der Waals surface area contributed by atoms with Crippen molar-refractivity contribution in [2.75, 3.05) is 0 Å². The second-order valence-corrected chi connectivity index (χ2v) is 4.50. The van der Waals surface area contributed by atoms with Gasteiger partial charge in [-0.3, -0.25) is 4.79 Å². The van der Waals surface area contributed by atoms with E-state index in [0.717, 1.165) is 0 Å². The molecule has 0 aliphatic carbocycles. The van der Waals surface area contributed by atoms with Gasteiger partial charge in [-0.15, -0.1) is 0 Å². The predicted octanol–water partition coefficient (Wildman–Crippen LogP) is -2.90. The van der Waals surface area contributed by atoms with Crippen molar-refractivity contribution in [2.24, 2.45) is 5.10 Å². The number of nitrogens with zero attached hydrogens (tertiary/aromatic N) is 1. The van der Waals surface area contributed by atoms with Gasteiger partial charge in [-0.2, -0.15) is 5.10 Å². The Bertz CT molecular complexity index is 627. The van der Waals surface area contributed by atoms with Crippen molar-refractivity contribution in [3.63, 3.8) is 0 Å². The first-order chi connectivity index (χ1) is 9.16. The summed E-state index contributed by atoms with van der Waals surface area (Å²) in [5, 5.41) is 4.86. The minimum atomic E-state index is -0.307. The van der Waals surface area contributed by atoms with Gasteiger partial charge in [-0.05, 0) is 18.2 Å². The third kappa shape index (κ3) is 7.89. The van der Waals surface area contributed by atoms with Gasteiger partial charge in [0.25, 0.3) is 5.91 Å². The highest BCUT2D eigenvalue weighted by molar-refractivity contribution is 6.36. The fourth-order valence-corrected chi connectivity index (χ4v) is 1.82. The van der Waals surface area contributed by atoms with Crippen molar-refractivity contribution in [2.45, 2.75) is 0 Å². The van der Waals surface area contributed by atoms with Crippen LogP contribution in [0.25, 0.3) is 0 Å². The summed E-state index contributed by atoms with van der Waals surface area (Å²) in [4.78, 5) is 14.5. The van der Waals surface area contributed by atoms with Gasteiger partial charge in [0.15, 0.2) is 12.4 Å². The SMILES string of the molecule is O.O.O.O=C(N/N=C/c1ccc(Cl)cc1Cl)c1ccc[nH+]c1.[Cl-]. The largest absolute Gasteiger partial charge is 1.00 e. The molecule has 0 atom stereocenters. The van der Waals surface area contributed by atoms with E-state index in [-0.39, 0.29) is 34.7 Å². The Hall–Kier alpha value is -1.74. The Morgan fingerprint density at radius 1 is 1.17 bits per heavy atom. The number of rotatable bonds is 3. The number of carbonyl (C=O) groups is 1. The normalized spacial score (nSPS) is 8.78. The molecule has 8 N–H and O–H groups in total. The van der Waals surface area contributed by atoms with Gasteiger partial charge < -0.3 is 28.8 Å². The van der Waals surface area contributed by atoms with Crippen molar-refractivity contribution < 1.29 is 38.6 Å². The number of amides is 1. The Balaban J connectivity index is -0.000001000. The third-order valence-electron chi connectivity index (χ3n) is 2.30. The maximum absolute atomic E-state index is 11.7. The van der Waals surface area contributed by atoms with Crippen molar-refractivity contribution in [1.29, 1.82) is 0 Å². The first-order valence-corrected chi connectivity index (χ1v) is 6.17. The minimum Gasteiger partial charge on any atom is -1.00 e. The molecule has 7 nitrogen and oxygen atoms in total. The molecule has 0 fully saturated rings. The Labute approximate surface area is 148 Å². The summed E-state index contributed by atoms with van der Waals surface area (Å²) >= 11 is 11.7. The van der Waals surface area contributed by atoms with Crippen LogP contribution in [0, 0.1) is 0 Å². The number of hydrogen-bond donors (Lipinski definition) is 1. The summed E-state index contributed by atoms with van der Waals surface area (Å²) in [5.74, 6) is -0.307. The lowest BCUT2D eigenvalue weighted by Gasteiger charge is -1.99. The van der Waals surface area contributed by atoms with Crippen LogP contribution in [-0.4, -0.2) is 28.6 Å². The van der Waals surface area contributed by atoms with Crippen molar-refractivity contribution in [1.82, 2.24) is 5.43 Å². The van der Waals surface area contributed by atoms with Gasteiger partial charge in [-0.1, -0.05) is 29.3 Å². The maximum atomic E-state index is 11.7. The highest BCUT2D eigenvalue weighted by Gasteiger charge is 2.05. The molecule has 0 unspecified atom stereocenters. The van der Waals surface area contributed by atoms with Crippen LogP contribution in [0.3, 0.4) is 0 Å². The standard InChI is InChI=1S/C13H9Cl2N3O.ClH.3H2O/c14-11-4-3-9(12(15)6-11)8-17-18-13(19)10-2-1-5-16-7-10;;;;/h1-8H,(H,18,19);1H;3*1H2/b17-8+;;;;. The Morgan fingerprint density at radius 2 is 1.87 bits per heavy atom. The van der Waals surface area contributed by atoms with Crippen LogP contribution >= 0.6 is 23.2 Å². The van der Waals surface area contributed by atoms with Crippen molar-refractivity contribution in [3.05, 3.63) is 63.9 Å². The fraction of sp³-hybridized carbons (Fsp3) is 0. The zero-order valence-corrected chi connectivity index (χ0v) is 13.9. The molecule has 1 aromatic carbocycles. The predicted molar refractivity (Wildman–Crippen MR) is 85.4 cm³/mol. The third-order valence-corrected chi connectivity index (χ3v) is 2.86. The Morgan fingerprint density at radius 3 is 2.43 bits per heavy atom. The van der Waals surface area contributed by atoms with E-state index in [4.69, 9.17) is 23.2 Å². The van der Waals surface area contributed by atoms with Crippen LogP contribution in [0.15, 0.2) is 47.8 Å². The average Bonchev–Trinajstić information content (AvgIpc) is 2.42. The van der Waals surface area contributed by atoms with Gasteiger partial charge in [0.1, 0.15) is 5.56 Å². The minimum absolute atomic E-state index is 0. The monoisotopic (exact) mass is 383 g/mol. The number of benzene rings is 1. The number of nitrogens with one attached hydrogen (secondary N) is 2. The molecule has 2 rings (SSSR count). The van der Waals surface area contributed by atoms with E-state index in [2.05, 4.69) is 15.5 Å². The smallest absolute Gasteiger partial charge is 0.277 e. The summed E-state index contributed by atoms with van der Waals surface area (Å²) in [6.45, 7) is 0. The number of hydrogen-bond acceptors (Lipinski definition) is 2. The highest BCUT2D eigenvalue weighted by atomic mass is 35.5. The summed E-state index contributed by atoms with van der Waals surface area (Å²) in [7, 11) is 0. The zero-order valence-electron chi connectivity index (χ0n) is 11.6. The van der Waals surface area contributed by atoms with E-state index < -0.39 is 0 Å². The summed E-state index contributed by atoms with van der Waals surface area (Å²) in [5.41, 5.74) is 3.57. The van der Waals surface area contributed by atoms with Crippen LogP contribution in [-0.2, 0) is 0 Å². The quantitative estimate of drug-likeness (QED) is 0.438. The number of H-pyrrole nitrogens is 1. The summed E-state index contributed by atoms with van der Waals surface area (Å²) in [6, 6.07) is 8.43. The molecule has 0 spiro atoms. The topological polar surface area (TPSA) is 150 Å². The molecule has 0 saturated heterocycles. The molecule has 0 aliphatic heterocycles. The molecule has 1 heterocycles. The van der Waals surface area contributed by atoms with E-state index in [9.17, 15) is 4.79 Å². The number of aromatic nitrogens is 1.